The van der Waals surface area contributed by atoms with Crippen LogP contribution in [0, 0.1) is 0 Å². The van der Waals surface area contributed by atoms with Gasteiger partial charge in [-0.25, -0.2) is 9.97 Å². The van der Waals surface area contributed by atoms with E-state index in [1.165, 1.54) is 0 Å². The molecule has 0 fully saturated rings. The number of ether oxygens (including phenoxy) is 1. The summed E-state index contributed by atoms with van der Waals surface area (Å²) in [5.41, 5.74) is 0.923. The van der Waals surface area contributed by atoms with Crippen LogP contribution < -0.4 is 10.1 Å². The van der Waals surface area contributed by atoms with Crippen LogP contribution in [0.15, 0.2) is 54.9 Å². The molecule has 0 aliphatic rings. The Labute approximate surface area is 140 Å². The molecule has 4 nitrogen and oxygen atoms in total. The molecule has 0 aliphatic carbocycles. The Hall–Kier alpha value is -2.33. The Bertz CT molecular complexity index is 789. The third-order valence-corrected chi connectivity index (χ3v) is 3.97. The summed E-state index contributed by atoms with van der Waals surface area (Å²) in [7, 11) is 0. The first-order valence-corrected chi connectivity index (χ1v) is 7.99. The Kier molecular flexibility index (Phi) is 4.93. The first-order chi connectivity index (χ1) is 11.3. The van der Waals surface area contributed by atoms with Gasteiger partial charge >= 0.3 is 0 Å². The minimum Gasteiger partial charge on any atom is -0.490 e. The van der Waals surface area contributed by atoms with E-state index >= 15 is 0 Å². The van der Waals surface area contributed by atoms with Crippen molar-refractivity contribution < 1.29 is 4.74 Å². The molecule has 1 N–H and O–H groups in total. The predicted octanol–water partition coefficient (Wildman–Crippen LogP) is 4.55. The number of benzene rings is 2. The van der Waals surface area contributed by atoms with Gasteiger partial charge in [0.1, 0.15) is 24.5 Å². The molecule has 23 heavy (non-hydrogen) atoms. The second kappa shape index (κ2) is 7.29. The molecular weight excluding hydrogens is 310 g/mol. The molecule has 0 spiro atoms. The second-order valence-corrected chi connectivity index (χ2v) is 5.64. The van der Waals surface area contributed by atoms with Gasteiger partial charge in [0.25, 0.3) is 0 Å². The fraction of sp³-hybridized carbons (Fsp3) is 0.222. The Balaban J connectivity index is 1.73. The molecule has 3 aromatic rings. The topological polar surface area (TPSA) is 47.0 Å². The van der Waals surface area contributed by atoms with Gasteiger partial charge in [-0.05, 0) is 30.7 Å². The molecule has 1 heterocycles. The third kappa shape index (κ3) is 3.71. The van der Waals surface area contributed by atoms with Gasteiger partial charge in [0, 0.05) is 5.39 Å². The normalized spacial score (nSPS) is 12.1. The van der Waals surface area contributed by atoms with Crippen LogP contribution in [0.25, 0.3) is 10.9 Å². The molecule has 5 heteroatoms. The van der Waals surface area contributed by atoms with Gasteiger partial charge in [0.15, 0.2) is 0 Å². The Morgan fingerprint density at radius 3 is 2.70 bits per heavy atom. The lowest BCUT2D eigenvalue weighted by Crippen LogP contribution is -2.27. The van der Waals surface area contributed by atoms with E-state index in [-0.39, 0.29) is 6.04 Å². The minimum absolute atomic E-state index is 0.129. The summed E-state index contributed by atoms with van der Waals surface area (Å²) in [5, 5.41) is 5.07. The van der Waals surface area contributed by atoms with E-state index in [0.29, 0.717) is 17.4 Å². The smallest absolute Gasteiger partial charge is 0.137 e. The summed E-state index contributed by atoms with van der Waals surface area (Å²) in [6.45, 7) is 2.62. The number of nitrogens with zero attached hydrogens (tertiary/aromatic N) is 2. The van der Waals surface area contributed by atoms with Gasteiger partial charge in [-0.1, -0.05) is 42.8 Å². The average Bonchev–Trinajstić information content (AvgIpc) is 2.60. The number of nitrogens with one attached hydrogen (secondary N) is 1. The third-order valence-electron chi connectivity index (χ3n) is 3.65. The number of rotatable bonds is 6. The van der Waals surface area contributed by atoms with Crippen molar-refractivity contribution in [3.8, 4) is 5.75 Å². The van der Waals surface area contributed by atoms with Gasteiger partial charge in [-0.15, -0.1) is 0 Å². The molecule has 1 aromatic heterocycles. The highest BCUT2D eigenvalue weighted by molar-refractivity contribution is 6.32. The highest BCUT2D eigenvalue weighted by atomic mass is 35.5. The van der Waals surface area contributed by atoms with E-state index in [9.17, 15) is 0 Å². The zero-order valence-electron chi connectivity index (χ0n) is 12.9. The van der Waals surface area contributed by atoms with E-state index in [2.05, 4.69) is 22.2 Å². The largest absolute Gasteiger partial charge is 0.490 e. The minimum atomic E-state index is 0.129. The van der Waals surface area contributed by atoms with E-state index in [1.54, 1.807) is 6.33 Å². The SMILES string of the molecule is CCC(COc1ccccc1Cl)Nc1ncnc2ccccc12. The molecule has 118 valence electrons. The maximum absolute atomic E-state index is 6.12. The summed E-state index contributed by atoms with van der Waals surface area (Å²) in [5.74, 6) is 1.52. The van der Waals surface area contributed by atoms with E-state index in [1.807, 2.05) is 48.5 Å². The predicted molar refractivity (Wildman–Crippen MR) is 94.2 cm³/mol. The van der Waals surface area contributed by atoms with Gasteiger partial charge in [-0.2, -0.15) is 0 Å². The molecule has 0 amide bonds. The van der Waals surface area contributed by atoms with Crippen molar-refractivity contribution in [2.24, 2.45) is 0 Å². The van der Waals surface area contributed by atoms with Crippen LogP contribution in [0.4, 0.5) is 5.82 Å². The van der Waals surface area contributed by atoms with Gasteiger partial charge in [0.05, 0.1) is 16.6 Å². The molecule has 0 radical (unpaired) electrons. The van der Waals surface area contributed by atoms with Crippen LogP contribution in [-0.2, 0) is 0 Å². The molecule has 1 unspecified atom stereocenters. The molecule has 0 saturated heterocycles. The van der Waals surface area contributed by atoms with Gasteiger partial charge < -0.3 is 10.1 Å². The van der Waals surface area contributed by atoms with Crippen LogP contribution in [-0.4, -0.2) is 22.6 Å². The number of fused-ring (bicyclic) bond motifs is 1. The number of hydrogen-bond donors (Lipinski definition) is 1. The Morgan fingerprint density at radius 1 is 1.09 bits per heavy atom. The summed E-state index contributed by atoms with van der Waals surface area (Å²) in [6.07, 6.45) is 2.48. The second-order valence-electron chi connectivity index (χ2n) is 5.23. The molecule has 2 aromatic carbocycles. The van der Waals surface area contributed by atoms with Crippen LogP contribution in [0.3, 0.4) is 0 Å². The zero-order chi connectivity index (χ0) is 16.1. The lowest BCUT2D eigenvalue weighted by Gasteiger charge is -2.19. The maximum atomic E-state index is 6.12. The number of halogens is 1. The van der Waals surface area contributed by atoms with E-state index in [4.69, 9.17) is 16.3 Å². The van der Waals surface area contributed by atoms with Crippen LogP contribution in [0.5, 0.6) is 5.75 Å². The van der Waals surface area contributed by atoms with Crippen molar-refractivity contribution in [3.63, 3.8) is 0 Å². The molecule has 0 aliphatic heterocycles. The number of para-hydroxylation sites is 2. The fourth-order valence-electron chi connectivity index (χ4n) is 2.33. The molecule has 0 bridgehead atoms. The molecule has 1 atom stereocenters. The van der Waals surface area contributed by atoms with Crippen molar-refractivity contribution in [2.45, 2.75) is 19.4 Å². The lowest BCUT2D eigenvalue weighted by atomic mass is 10.2. The lowest BCUT2D eigenvalue weighted by molar-refractivity contribution is 0.294. The van der Waals surface area contributed by atoms with Crippen molar-refractivity contribution in [1.29, 1.82) is 0 Å². The number of hydrogen-bond acceptors (Lipinski definition) is 4. The van der Waals surface area contributed by atoms with Crippen molar-refractivity contribution in [2.75, 3.05) is 11.9 Å². The van der Waals surface area contributed by atoms with Crippen molar-refractivity contribution in [3.05, 3.63) is 59.9 Å². The Morgan fingerprint density at radius 2 is 1.87 bits per heavy atom. The quantitative estimate of drug-likeness (QED) is 0.721. The monoisotopic (exact) mass is 327 g/mol. The summed E-state index contributed by atoms with van der Waals surface area (Å²) >= 11 is 6.12. The first kappa shape index (κ1) is 15.6. The molecule has 0 saturated carbocycles. The fourth-order valence-corrected chi connectivity index (χ4v) is 2.52. The number of anilines is 1. The molecular formula is C18H18ClN3O. The molecule has 3 rings (SSSR count). The summed E-state index contributed by atoms with van der Waals surface area (Å²) < 4.78 is 5.84. The first-order valence-electron chi connectivity index (χ1n) is 7.61. The van der Waals surface area contributed by atoms with Crippen LogP contribution >= 0.6 is 11.6 Å². The van der Waals surface area contributed by atoms with Crippen LogP contribution in [0.2, 0.25) is 5.02 Å². The highest BCUT2D eigenvalue weighted by Crippen LogP contribution is 2.24. The van der Waals surface area contributed by atoms with Crippen molar-refractivity contribution in [1.82, 2.24) is 9.97 Å². The average molecular weight is 328 g/mol. The number of aromatic nitrogens is 2. The standard InChI is InChI=1S/C18H18ClN3O/c1-2-13(11-23-17-10-6-4-8-15(17)19)22-18-14-7-3-5-9-16(14)20-12-21-18/h3-10,12-13H,2,11H2,1H3,(H,20,21,22). The van der Waals surface area contributed by atoms with Crippen LogP contribution in [0.1, 0.15) is 13.3 Å². The van der Waals surface area contributed by atoms with Gasteiger partial charge in [-0.3, -0.25) is 0 Å². The van der Waals surface area contributed by atoms with Gasteiger partial charge in [0.2, 0.25) is 0 Å². The zero-order valence-corrected chi connectivity index (χ0v) is 13.6. The van der Waals surface area contributed by atoms with Crippen molar-refractivity contribution >= 4 is 28.3 Å². The maximum Gasteiger partial charge on any atom is 0.137 e. The highest BCUT2D eigenvalue weighted by Gasteiger charge is 2.11. The van der Waals surface area contributed by atoms with E-state index in [0.717, 1.165) is 23.1 Å². The summed E-state index contributed by atoms with van der Waals surface area (Å²) in [6, 6.07) is 15.6. The summed E-state index contributed by atoms with van der Waals surface area (Å²) in [4.78, 5) is 8.64. The van der Waals surface area contributed by atoms with E-state index < -0.39 is 0 Å².